The molecule has 2 rings (SSSR count). The second-order valence-corrected chi connectivity index (χ2v) is 5.66. The van der Waals surface area contributed by atoms with E-state index in [1.54, 1.807) is 0 Å². The standard InChI is InChI=1S/C14H24NO2/c1-15(13-3-2-4-13)14(17)9-11-5-7-12(10-16)8-6-11/h9,11-13,16H,2-8,10H2,1H3/t11-,12-. The summed E-state index contributed by atoms with van der Waals surface area (Å²) in [6, 6.07) is 0.493. The molecule has 17 heavy (non-hydrogen) atoms. The molecule has 0 spiro atoms. The average molecular weight is 238 g/mol. The van der Waals surface area contributed by atoms with Crippen LogP contribution in [0.5, 0.6) is 0 Å². The van der Waals surface area contributed by atoms with E-state index in [2.05, 4.69) is 0 Å². The van der Waals surface area contributed by atoms with Gasteiger partial charge in [-0.1, -0.05) is 0 Å². The van der Waals surface area contributed by atoms with Crippen LogP contribution >= 0.6 is 0 Å². The van der Waals surface area contributed by atoms with Crippen LogP contribution in [0.3, 0.4) is 0 Å². The first-order chi connectivity index (χ1) is 8.20. The third-order valence-electron chi connectivity index (χ3n) is 4.50. The summed E-state index contributed by atoms with van der Waals surface area (Å²) in [5, 5.41) is 9.07. The fraction of sp³-hybridized carbons (Fsp3) is 0.857. The molecular formula is C14H24NO2. The molecule has 1 N–H and O–H groups in total. The second kappa shape index (κ2) is 5.85. The lowest BCUT2D eigenvalue weighted by atomic mass is 9.80. The van der Waals surface area contributed by atoms with Crippen molar-refractivity contribution in [3.8, 4) is 0 Å². The molecule has 2 saturated carbocycles. The van der Waals surface area contributed by atoms with Crippen molar-refractivity contribution in [3.05, 3.63) is 6.42 Å². The lowest BCUT2D eigenvalue weighted by Crippen LogP contribution is -2.42. The van der Waals surface area contributed by atoms with Crippen molar-refractivity contribution >= 4 is 5.91 Å². The minimum absolute atomic E-state index is 0.210. The van der Waals surface area contributed by atoms with Crippen LogP contribution in [0.1, 0.15) is 44.9 Å². The molecule has 1 radical (unpaired) electrons. The van der Waals surface area contributed by atoms with Gasteiger partial charge in [-0.3, -0.25) is 4.79 Å². The molecule has 0 aliphatic heterocycles. The van der Waals surface area contributed by atoms with Crippen LogP contribution in [-0.4, -0.2) is 35.6 Å². The number of aliphatic hydroxyl groups excluding tert-OH is 1. The highest BCUT2D eigenvalue weighted by molar-refractivity contribution is 5.85. The smallest absolute Gasteiger partial charge is 0.226 e. The molecule has 1 amide bonds. The van der Waals surface area contributed by atoms with Crippen molar-refractivity contribution in [1.29, 1.82) is 0 Å². The number of aliphatic hydroxyl groups is 1. The predicted molar refractivity (Wildman–Crippen MR) is 67.2 cm³/mol. The average Bonchev–Trinajstić information content (AvgIpc) is 2.27. The molecule has 2 fully saturated rings. The number of nitrogens with zero attached hydrogens (tertiary/aromatic N) is 1. The van der Waals surface area contributed by atoms with E-state index in [1.165, 1.54) is 19.3 Å². The minimum Gasteiger partial charge on any atom is -0.396 e. The Bertz CT molecular complexity index is 255. The van der Waals surface area contributed by atoms with Gasteiger partial charge >= 0.3 is 0 Å². The quantitative estimate of drug-likeness (QED) is 0.814. The van der Waals surface area contributed by atoms with Gasteiger partial charge in [-0.25, -0.2) is 0 Å². The fourth-order valence-corrected chi connectivity index (χ4v) is 2.81. The number of rotatable bonds is 4. The number of carbonyl (C=O) groups excluding carboxylic acids is 1. The third kappa shape index (κ3) is 3.21. The zero-order valence-electron chi connectivity index (χ0n) is 10.8. The first-order valence-corrected chi connectivity index (χ1v) is 6.93. The second-order valence-electron chi connectivity index (χ2n) is 5.66. The molecule has 0 aromatic carbocycles. The topological polar surface area (TPSA) is 40.5 Å². The fourth-order valence-electron chi connectivity index (χ4n) is 2.81. The molecule has 0 aromatic heterocycles. The van der Waals surface area contributed by atoms with Crippen LogP contribution in [-0.2, 0) is 4.79 Å². The van der Waals surface area contributed by atoms with E-state index in [0.717, 1.165) is 25.7 Å². The van der Waals surface area contributed by atoms with E-state index in [9.17, 15) is 4.79 Å². The summed E-state index contributed by atoms with van der Waals surface area (Å²) in [4.78, 5) is 13.9. The van der Waals surface area contributed by atoms with Gasteiger partial charge in [-0.15, -0.1) is 0 Å². The lowest BCUT2D eigenvalue weighted by Gasteiger charge is -2.36. The largest absolute Gasteiger partial charge is 0.396 e. The maximum atomic E-state index is 12.0. The number of carbonyl (C=O) groups is 1. The zero-order valence-corrected chi connectivity index (χ0v) is 10.8. The van der Waals surface area contributed by atoms with Crippen LogP contribution < -0.4 is 0 Å². The summed E-state index contributed by atoms with van der Waals surface area (Å²) < 4.78 is 0. The van der Waals surface area contributed by atoms with Crippen LogP contribution in [0.25, 0.3) is 0 Å². The van der Waals surface area contributed by atoms with E-state index in [-0.39, 0.29) is 5.91 Å². The number of hydrogen-bond donors (Lipinski definition) is 1. The Balaban J connectivity index is 1.71. The van der Waals surface area contributed by atoms with Crippen LogP contribution in [0, 0.1) is 18.3 Å². The maximum absolute atomic E-state index is 12.0. The van der Waals surface area contributed by atoms with E-state index < -0.39 is 0 Å². The summed E-state index contributed by atoms with van der Waals surface area (Å²) in [7, 11) is 1.93. The molecule has 0 heterocycles. The van der Waals surface area contributed by atoms with Gasteiger partial charge < -0.3 is 10.0 Å². The maximum Gasteiger partial charge on any atom is 0.226 e. The molecule has 2 aliphatic carbocycles. The van der Waals surface area contributed by atoms with Gasteiger partial charge in [-0.05, 0) is 56.8 Å². The van der Waals surface area contributed by atoms with Gasteiger partial charge in [0, 0.05) is 19.7 Å². The van der Waals surface area contributed by atoms with Crippen molar-refractivity contribution in [3.63, 3.8) is 0 Å². The van der Waals surface area contributed by atoms with Gasteiger partial charge in [0.1, 0.15) is 0 Å². The molecule has 3 heteroatoms. The summed E-state index contributed by atoms with van der Waals surface area (Å²) in [5.41, 5.74) is 0. The summed E-state index contributed by atoms with van der Waals surface area (Å²) >= 11 is 0. The van der Waals surface area contributed by atoms with E-state index >= 15 is 0 Å². The van der Waals surface area contributed by atoms with E-state index in [4.69, 9.17) is 5.11 Å². The zero-order chi connectivity index (χ0) is 12.3. The highest BCUT2D eigenvalue weighted by Crippen LogP contribution is 2.31. The van der Waals surface area contributed by atoms with E-state index in [0.29, 0.717) is 24.5 Å². The van der Waals surface area contributed by atoms with Gasteiger partial charge in [0.25, 0.3) is 0 Å². The molecule has 0 unspecified atom stereocenters. The molecule has 0 aromatic rings. The lowest BCUT2D eigenvalue weighted by molar-refractivity contribution is -0.130. The minimum atomic E-state index is 0.210. The summed E-state index contributed by atoms with van der Waals surface area (Å²) in [6.45, 7) is 0.308. The highest BCUT2D eigenvalue weighted by atomic mass is 16.3. The van der Waals surface area contributed by atoms with Gasteiger partial charge in [-0.2, -0.15) is 0 Å². The Morgan fingerprint density at radius 3 is 2.35 bits per heavy atom. The van der Waals surface area contributed by atoms with Crippen molar-refractivity contribution in [2.45, 2.75) is 51.0 Å². The van der Waals surface area contributed by atoms with Crippen LogP contribution in [0.15, 0.2) is 0 Å². The van der Waals surface area contributed by atoms with Crippen molar-refractivity contribution in [1.82, 2.24) is 4.90 Å². The summed E-state index contributed by atoms with van der Waals surface area (Å²) in [5.74, 6) is 1.12. The van der Waals surface area contributed by atoms with Crippen molar-refractivity contribution < 1.29 is 9.90 Å². The highest BCUT2D eigenvalue weighted by Gasteiger charge is 2.28. The molecule has 97 valence electrons. The monoisotopic (exact) mass is 238 g/mol. The Morgan fingerprint density at radius 2 is 1.88 bits per heavy atom. The Morgan fingerprint density at radius 1 is 1.24 bits per heavy atom. The third-order valence-corrected chi connectivity index (χ3v) is 4.50. The molecular weight excluding hydrogens is 214 g/mol. The number of hydrogen-bond acceptors (Lipinski definition) is 2. The molecule has 2 aliphatic rings. The molecule has 0 bridgehead atoms. The number of amides is 1. The first kappa shape index (κ1) is 12.9. The Labute approximate surface area is 104 Å². The normalized spacial score (nSPS) is 29.8. The first-order valence-electron chi connectivity index (χ1n) is 6.93. The van der Waals surface area contributed by atoms with Crippen LogP contribution in [0.2, 0.25) is 0 Å². The Kier molecular flexibility index (Phi) is 4.43. The molecule has 0 saturated heterocycles. The molecule has 3 nitrogen and oxygen atoms in total. The van der Waals surface area contributed by atoms with Gasteiger partial charge in [0.15, 0.2) is 0 Å². The SMILES string of the molecule is CN(C(=O)[CH][C@H]1CC[C@H](CO)CC1)C1CCC1. The Hall–Kier alpha value is -0.570. The summed E-state index contributed by atoms with van der Waals surface area (Å²) in [6.07, 6.45) is 9.80. The van der Waals surface area contributed by atoms with Crippen LogP contribution in [0.4, 0.5) is 0 Å². The van der Waals surface area contributed by atoms with Crippen molar-refractivity contribution in [2.75, 3.05) is 13.7 Å². The van der Waals surface area contributed by atoms with Crippen molar-refractivity contribution in [2.24, 2.45) is 11.8 Å². The van der Waals surface area contributed by atoms with Gasteiger partial charge in [0.05, 0.1) is 6.42 Å². The van der Waals surface area contributed by atoms with Gasteiger partial charge in [0.2, 0.25) is 5.91 Å². The van der Waals surface area contributed by atoms with E-state index in [1.807, 2.05) is 18.4 Å². The molecule has 0 atom stereocenters. The predicted octanol–water partition coefficient (Wildman–Crippen LogP) is 2.00.